The van der Waals surface area contributed by atoms with Gasteiger partial charge in [-0.2, -0.15) is 0 Å². The number of rotatable bonds is 5. The second-order valence-corrected chi connectivity index (χ2v) is 7.87. The quantitative estimate of drug-likeness (QED) is 0.841. The van der Waals surface area contributed by atoms with Gasteiger partial charge in [0.1, 0.15) is 0 Å². The smallest absolute Gasteiger partial charge is 0.254 e. The molecule has 1 atom stereocenters. The van der Waals surface area contributed by atoms with Crippen molar-refractivity contribution in [3.8, 4) is 0 Å². The van der Waals surface area contributed by atoms with Crippen molar-refractivity contribution < 1.29 is 9.53 Å². The number of nitrogens with two attached hydrogens (primary N) is 1. The van der Waals surface area contributed by atoms with Crippen LogP contribution in [0.4, 0.5) is 0 Å². The van der Waals surface area contributed by atoms with Gasteiger partial charge in [0.05, 0.1) is 11.7 Å². The van der Waals surface area contributed by atoms with Crippen LogP contribution in [0.1, 0.15) is 53.4 Å². The van der Waals surface area contributed by atoms with Crippen LogP contribution in [0, 0.1) is 5.92 Å². The Morgan fingerprint density at radius 3 is 2.91 bits per heavy atom. The molecule has 1 amide bonds. The molecule has 4 nitrogen and oxygen atoms in total. The first-order chi connectivity index (χ1) is 11.2. The molecule has 1 unspecified atom stereocenters. The molecule has 0 bridgehead atoms. The molecule has 0 radical (unpaired) electrons. The summed E-state index contributed by atoms with van der Waals surface area (Å²) in [6.07, 6.45) is 6.52. The third-order valence-corrected chi connectivity index (χ3v) is 6.11. The van der Waals surface area contributed by atoms with Crippen LogP contribution < -0.4 is 5.73 Å². The Morgan fingerprint density at radius 1 is 1.39 bits per heavy atom. The van der Waals surface area contributed by atoms with Gasteiger partial charge >= 0.3 is 0 Å². The van der Waals surface area contributed by atoms with Crippen molar-refractivity contribution in [3.63, 3.8) is 0 Å². The second-order valence-electron chi connectivity index (χ2n) is 6.90. The highest BCUT2D eigenvalue weighted by molar-refractivity contribution is 7.10. The van der Waals surface area contributed by atoms with E-state index in [1.165, 1.54) is 16.9 Å². The molecule has 5 heteroatoms. The van der Waals surface area contributed by atoms with Crippen molar-refractivity contribution in [2.75, 3.05) is 26.2 Å². The maximum absolute atomic E-state index is 12.9. The number of amides is 1. The van der Waals surface area contributed by atoms with E-state index < -0.39 is 0 Å². The molecule has 1 aromatic rings. The zero-order chi connectivity index (χ0) is 16.2. The predicted molar refractivity (Wildman–Crippen MR) is 94.1 cm³/mol. The van der Waals surface area contributed by atoms with Crippen LogP contribution in [-0.4, -0.2) is 43.2 Å². The number of thiophene rings is 1. The fourth-order valence-electron chi connectivity index (χ4n) is 3.59. The lowest BCUT2D eigenvalue weighted by molar-refractivity contribution is 0.00842. The monoisotopic (exact) mass is 336 g/mol. The SMILES string of the molecule is CC1CCc2c(C(=O)N3CCC(OCCCN)CC3)csc2C1. The molecule has 2 N–H and O–H groups in total. The van der Waals surface area contributed by atoms with E-state index in [9.17, 15) is 4.79 Å². The molecule has 2 aliphatic rings. The highest BCUT2D eigenvalue weighted by Gasteiger charge is 2.28. The zero-order valence-corrected chi connectivity index (χ0v) is 14.9. The molecule has 1 saturated heterocycles. The van der Waals surface area contributed by atoms with Gasteiger partial charge < -0.3 is 15.4 Å². The van der Waals surface area contributed by atoms with Crippen LogP contribution in [0.5, 0.6) is 0 Å². The van der Waals surface area contributed by atoms with Gasteiger partial charge in [-0.1, -0.05) is 6.92 Å². The Kier molecular flexibility index (Phi) is 5.72. The average Bonchev–Trinajstić information content (AvgIpc) is 2.98. The van der Waals surface area contributed by atoms with Crippen LogP contribution in [0.3, 0.4) is 0 Å². The highest BCUT2D eigenvalue weighted by atomic mass is 32.1. The second kappa shape index (κ2) is 7.77. The summed E-state index contributed by atoms with van der Waals surface area (Å²) >= 11 is 1.78. The Bertz CT molecular complexity index is 535. The molecule has 0 aromatic carbocycles. The molecule has 23 heavy (non-hydrogen) atoms. The van der Waals surface area contributed by atoms with Crippen LogP contribution >= 0.6 is 11.3 Å². The van der Waals surface area contributed by atoms with Crippen molar-refractivity contribution in [3.05, 3.63) is 21.4 Å². The molecular weight excluding hydrogens is 308 g/mol. The summed E-state index contributed by atoms with van der Waals surface area (Å²) in [6.45, 7) is 5.35. The summed E-state index contributed by atoms with van der Waals surface area (Å²) in [4.78, 5) is 16.3. The van der Waals surface area contributed by atoms with Gasteiger partial charge in [0.25, 0.3) is 5.91 Å². The number of carbonyl (C=O) groups is 1. The van der Waals surface area contributed by atoms with E-state index in [1.807, 2.05) is 4.90 Å². The lowest BCUT2D eigenvalue weighted by atomic mass is 9.88. The molecule has 0 saturated carbocycles. The third-order valence-electron chi connectivity index (χ3n) is 5.06. The zero-order valence-electron chi connectivity index (χ0n) is 14.1. The lowest BCUT2D eigenvalue weighted by Crippen LogP contribution is -2.41. The Hall–Kier alpha value is -0.910. The van der Waals surface area contributed by atoms with Gasteiger partial charge in [-0.05, 0) is 56.6 Å². The average molecular weight is 337 g/mol. The predicted octanol–water partition coefficient (Wildman–Crippen LogP) is 2.84. The molecular formula is C18H28N2O2S. The number of fused-ring (bicyclic) bond motifs is 1. The minimum Gasteiger partial charge on any atom is -0.378 e. The van der Waals surface area contributed by atoms with E-state index in [-0.39, 0.29) is 5.91 Å². The van der Waals surface area contributed by atoms with Crippen LogP contribution in [0.25, 0.3) is 0 Å². The topological polar surface area (TPSA) is 55.6 Å². The van der Waals surface area contributed by atoms with Crippen molar-refractivity contribution in [1.29, 1.82) is 0 Å². The molecule has 1 aliphatic heterocycles. The third kappa shape index (κ3) is 3.95. The normalized spacial score (nSPS) is 22.2. The van der Waals surface area contributed by atoms with Crippen LogP contribution in [0.15, 0.2) is 5.38 Å². The summed E-state index contributed by atoms with van der Waals surface area (Å²) in [6, 6.07) is 0. The van der Waals surface area contributed by atoms with E-state index in [4.69, 9.17) is 10.5 Å². The maximum Gasteiger partial charge on any atom is 0.254 e. The standard InChI is InChI=1S/C18H28N2O2S/c1-13-3-4-15-16(12-23-17(15)11-13)18(21)20-8-5-14(6-9-20)22-10-2-7-19/h12-14H,2-11,19H2,1H3. The molecule has 1 aromatic heterocycles. The first-order valence-electron chi connectivity index (χ1n) is 8.89. The van der Waals surface area contributed by atoms with E-state index >= 15 is 0 Å². The van der Waals surface area contributed by atoms with E-state index in [2.05, 4.69) is 12.3 Å². The Morgan fingerprint density at radius 2 is 2.17 bits per heavy atom. The number of hydrogen-bond donors (Lipinski definition) is 1. The minimum atomic E-state index is 0.234. The Labute approximate surface area is 143 Å². The summed E-state index contributed by atoms with van der Waals surface area (Å²) in [5.41, 5.74) is 7.80. The van der Waals surface area contributed by atoms with Crippen molar-refractivity contribution >= 4 is 17.2 Å². The van der Waals surface area contributed by atoms with E-state index in [1.54, 1.807) is 11.3 Å². The van der Waals surface area contributed by atoms with Gasteiger partial charge in [0.2, 0.25) is 0 Å². The fourth-order valence-corrected chi connectivity index (χ4v) is 4.82. The van der Waals surface area contributed by atoms with Gasteiger partial charge in [0.15, 0.2) is 0 Å². The number of likely N-dealkylation sites (tertiary alicyclic amines) is 1. The number of hydrogen-bond acceptors (Lipinski definition) is 4. The van der Waals surface area contributed by atoms with Gasteiger partial charge in [-0.15, -0.1) is 11.3 Å². The van der Waals surface area contributed by atoms with Crippen molar-refractivity contribution in [1.82, 2.24) is 4.90 Å². The molecule has 128 valence electrons. The van der Waals surface area contributed by atoms with E-state index in [0.717, 1.165) is 63.3 Å². The fraction of sp³-hybridized carbons (Fsp3) is 0.722. The van der Waals surface area contributed by atoms with Gasteiger partial charge in [-0.3, -0.25) is 4.79 Å². The maximum atomic E-state index is 12.9. The summed E-state index contributed by atoms with van der Waals surface area (Å²) in [5, 5.41) is 2.09. The first-order valence-corrected chi connectivity index (χ1v) is 9.77. The van der Waals surface area contributed by atoms with Crippen molar-refractivity contribution in [2.24, 2.45) is 11.7 Å². The van der Waals surface area contributed by atoms with Gasteiger partial charge in [-0.25, -0.2) is 0 Å². The van der Waals surface area contributed by atoms with Crippen LogP contribution in [0.2, 0.25) is 0 Å². The lowest BCUT2D eigenvalue weighted by Gasteiger charge is -2.32. The molecule has 2 heterocycles. The van der Waals surface area contributed by atoms with Crippen molar-refractivity contribution in [2.45, 2.75) is 51.6 Å². The number of carbonyl (C=O) groups excluding carboxylic acids is 1. The molecule has 1 fully saturated rings. The highest BCUT2D eigenvalue weighted by Crippen LogP contribution is 2.33. The molecule has 3 rings (SSSR count). The number of nitrogens with zero attached hydrogens (tertiary/aromatic N) is 1. The molecule has 1 aliphatic carbocycles. The summed E-state index contributed by atoms with van der Waals surface area (Å²) in [7, 11) is 0. The van der Waals surface area contributed by atoms with Gasteiger partial charge in [0, 0.05) is 30.0 Å². The van der Waals surface area contributed by atoms with E-state index in [0.29, 0.717) is 12.6 Å². The number of ether oxygens (including phenoxy) is 1. The summed E-state index contributed by atoms with van der Waals surface area (Å²) in [5.74, 6) is 0.989. The first kappa shape index (κ1) is 16.9. The summed E-state index contributed by atoms with van der Waals surface area (Å²) < 4.78 is 5.83. The molecule has 0 spiro atoms. The minimum absolute atomic E-state index is 0.234. The Balaban J connectivity index is 1.56. The largest absolute Gasteiger partial charge is 0.378 e. The number of piperidine rings is 1. The van der Waals surface area contributed by atoms with Crippen LogP contribution in [-0.2, 0) is 17.6 Å².